The largest absolute Gasteiger partial charge is 0.343 e. The molecule has 2 atom stereocenters. The molecule has 0 radical (unpaired) electrons. The number of hydrogen-bond donors (Lipinski definition) is 3. The highest BCUT2D eigenvalue weighted by atomic mass is 16.2. The van der Waals surface area contributed by atoms with Gasteiger partial charge in [0.2, 0.25) is 11.8 Å². The Balaban J connectivity index is 1.47. The van der Waals surface area contributed by atoms with E-state index in [0.29, 0.717) is 25.3 Å². The van der Waals surface area contributed by atoms with E-state index < -0.39 is 6.04 Å². The average Bonchev–Trinajstić information content (AvgIpc) is 2.84. The predicted octanol–water partition coefficient (Wildman–Crippen LogP) is 4.19. The molecule has 0 saturated carbocycles. The second-order valence-corrected chi connectivity index (χ2v) is 8.92. The molecule has 1 aliphatic heterocycles. The molecule has 4 rings (SSSR count). The summed E-state index contributed by atoms with van der Waals surface area (Å²) in [6.45, 7) is 4.92. The molecule has 0 saturated heterocycles. The summed E-state index contributed by atoms with van der Waals surface area (Å²) >= 11 is 0. The molecule has 0 aliphatic carbocycles. The van der Waals surface area contributed by atoms with Crippen LogP contribution in [0.15, 0.2) is 78.9 Å². The van der Waals surface area contributed by atoms with Gasteiger partial charge in [0.1, 0.15) is 6.04 Å². The van der Waals surface area contributed by atoms with Crippen LogP contribution in [0.1, 0.15) is 42.0 Å². The molecule has 1 aliphatic rings. The van der Waals surface area contributed by atoms with Crippen molar-refractivity contribution in [2.45, 2.75) is 51.2 Å². The number of rotatable bonds is 7. The van der Waals surface area contributed by atoms with Crippen molar-refractivity contribution >= 4 is 17.5 Å². The van der Waals surface area contributed by atoms with E-state index in [9.17, 15) is 9.59 Å². The average molecular weight is 442 g/mol. The molecule has 0 spiro atoms. The summed E-state index contributed by atoms with van der Waals surface area (Å²) < 4.78 is 0. The third-order valence-electron chi connectivity index (χ3n) is 6.16. The van der Waals surface area contributed by atoms with E-state index in [-0.39, 0.29) is 17.9 Å². The maximum Gasteiger partial charge on any atom is 0.247 e. The molecule has 33 heavy (non-hydrogen) atoms. The standard InChI is InChI=1S/C28H31N3O2/c1-19(2)21-12-14-24(15-13-21)30-28(33)26(16-20-8-4-3-5-9-20)31-27(32)25-17-22-10-6-7-11-23(22)18-29-25/h3-15,19,25-26,29H,16-18H2,1-2H3,(H,30,33)(H,31,32)/t25-,26-/m0/s1. The number of hydrogen-bond acceptors (Lipinski definition) is 3. The zero-order valence-corrected chi connectivity index (χ0v) is 19.2. The van der Waals surface area contributed by atoms with E-state index in [2.05, 4.69) is 41.9 Å². The molecule has 5 nitrogen and oxygen atoms in total. The van der Waals surface area contributed by atoms with Crippen LogP contribution in [0.4, 0.5) is 5.69 Å². The second-order valence-electron chi connectivity index (χ2n) is 8.92. The Morgan fingerprint density at radius 1 is 0.909 bits per heavy atom. The lowest BCUT2D eigenvalue weighted by Gasteiger charge is -2.27. The number of benzene rings is 3. The maximum atomic E-state index is 13.2. The topological polar surface area (TPSA) is 70.2 Å². The van der Waals surface area contributed by atoms with Gasteiger partial charge in [-0.05, 0) is 46.7 Å². The van der Waals surface area contributed by atoms with Crippen LogP contribution >= 0.6 is 0 Å². The smallest absolute Gasteiger partial charge is 0.247 e. The van der Waals surface area contributed by atoms with Gasteiger partial charge >= 0.3 is 0 Å². The monoisotopic (exact) mass is 441 g/mol. The van der Waals surface area contributed by atoms with Crippen LogP contribution in [0, 0.1) is 0 Å². The molecule has 0 bridgehead atoms. The van der Waals surface area contributed by atoms with Crippen molar-refractivity contribution in [3.8, 4) is 0 Å². The van der Waals surface area contributed by atoms with E-state index in [4.69, 9.17) is 0 Å². The molecule has 0 unspecified atom stereocenters. The highest BCUT2D eigenvalue weighted by molar-refractivity contribution is 5.98. The zero-order chi connectivity index (χ0) is 23.2. The summed E-state index contributed by atoms with van der Waals surface area (Å²) in [5.74, 6) is 0.0458. The van der Waals surface area contributed by atoms with Crippen LogP contribution in [0.2, 0.25) is 0 Å². The molecule has 3 N–H and O–H groups in total. The van der Waals surface area contributed by atoms with Gasteiger partial charge < -0.3 is 16.0 Å². The van der Waals surface area contributed by atoms with Crippen LogP contribution in [0.5, 0.6) is 0 Å². The van der Waals surface area contributed by atoms with Gasteiger partial charge in [-0.25, -0.2) is 0 Å². The minimum atomic E-state index is -0.677. The molecule has 0 fully saturated rings. The van der Waals surface area contributed by atoms with Crippen LogP contribution in [-0.4, -0.2) is 23.9 Å². The van der Waals surface area contributed by atoms with Gasteiger partial charge in [0, 0.05) is 18.7 Å². The highest BCUT2D eigenvalue weighted by Crippen LogP contribution is 2.19. The maximum absolute atomic E-state index is 13.2. The first-order valence-electron chi connectivity index (χ1n) is 11.5. The van der Waals surface area contributed by atoms with Crippen molar-refractivity contribution in [2.75, 3.05) is 5.32 Å². The Bertz CT molecular complexity index is 1090. The summed E-state index contributed by atoms with van der Waals surface area (Å²) in [6, 6.07) is 24.7. The van der Waals surface area contributed by atoms with E-state index in [1.807, 2.05) is 66.7 Å². The van der Waals surface area contributed by atoms with Gasteiger partial charge in [-0.2, -0.15) is 0 Å². The van der Waals surface area contributed by atoms with Crippen molar-refractivity contribution in [3.63, 3.8) is 0 Å². The fraction of sp³-hybridized carbons (Fsp3) is 0.286. The van der Waals surface area contributed by atoms with Crippen molar-refractivity contribution in [1.82, 2.24) is 10.6 Å². The fourth-order valence-electron chi connectivity index (χ4n) is 4.15. The second kappa shape index (κ2) is 10.5. The Labute approximate surface area is 195 Å². The van der Waals surface area contributed by atoms with Crippen LogP contribution in [-0.2, 0) is 29.0 Å². The molecule has 170 valence electrons. The molecule has 3 aromatic rings. The first kappa shape index (κ1) is 22.7. The highest BCUT2D eigenvalue weighted by Gasteiger charge is 2.28. The summed E-state index contributed by atoms with van der Waals surface area (Å²) in [5.41, 5.74) is 5.32. The zero-order valence-electron chi connectivity index (χ0n) is 19.2. The minimum Gasteiger partial charge on any atom is -0.343 e. The third kappa shape index (κ3) is 5.88. The van der Waals surface area contributed by atoms with Gasteiger partial charge in [-0.15, -0.1) is 0 Å². The Morgan fingerprint density at radius 2 is 1.58 bits per heavy atom. The number of fused-ring (bicyclic) bond motifs is 1. The number of amides is 2. The molecule has 2 amide bonds. The van der Waals surface area contributed by atoms with Crippen LogP contribution < -0.4 is 16.0 Å². The lowest BCUT2D eigenvalue weighted by atomic mass is 9.95. The number of carbonyl (C=O) groups is 2. The number of nitrogens with one attached hydrogen (secondary N) is 3. The van der Waals surface area contributed by atoms with Gasteiger partial charge in [0.15, 0.2) is 0 Å². The van der Waals surface area contributed by atoms with Crippen molar-refractivity contribution in [1.29, 1.82) is 0 Å². The quantitative estimate of drug-likeness (QED) is 0.515. The molecular formula is C28H31N3O2. The summed E-state index contributed by atoms with van der Waals surface area (Å²) in [4.78, 5) is 26.3. The molecular weight excluding hydrogens is 410 g/mol. The van der Waals surface area contributed by atoms with Crippen molar-refractivity contribution in [2.24, 2.45) is 0 Å². The summed E-state index contributed by atoms with van der Waals surface area (Å²) in [6.07, 6.45) is 1.03. The molecule has 1 heterocycles. The van der Waals surface area contributed by atoms with E-state index in [0.717, 1.165) is 11.3 Å². The van der Waals surface area contributed by atoms with Crippen molar-refractivity contribution < 1.29 is 9.59 Å². The molecule has 5 heteroatoms. The minimum absolute atomic E-state index is 0.157. The van der Waals surface area contributed by atoms with Gasteiger partial charge in [0.05, 0.1) is 6.04 Å². The first-order chi connectivity index (χ1) is 16.0. The van der Waals surface area contributed by atoms with Gasteiger partial charge in [-0.3, -0.25) is 9.59 Å². The third-order valence-corrected chi connectivity index (χ3v) is 6.16. The van der Waals surface area contributed by atoms with Gasteiger partial charge in [-0.1, -0.05) is 80.6 Å². The predicted molar refractivity (Wildman–Crippen MR) is 132 cm³/mol. The SMILES string of the molecule is CC(C)c1ccc(NC(=O)[C@H](Cc2ccccc2)NC(=O)[C@@H]2Cc3ccccc3CN2)cc1. The Kier molecular flexibility index (Phi) is 7.20. The number of anilines is 1. The van der Waals surface area contributed by atoms with Crippen LogP contribution in [0.25, 0.3) is 0 Å². The Morgan fingerprint density at radius 3 is 2.27 bits per heavy atom. The summed E-state index contributed by atoms with van der Waals surface area (Å²) in [5, 5.41) is 9.29. The van der Waals surface area contributed by atoms with E-state index in [1.54, 1.807) is 0 Å². The number of carbonyl (C=O) groups excluding carboxylic acids is 2. The lowest BCUT2D eigenvalue weighted by Crippen LogP contribution is -2.53. The molecule has 3 aromatic carbocycles. The molecule has 0 aromatic heterocycles. The van der Waals surface area contributed by atoms with E-state index >= 15 is 0 Å². The lowest BCUT2D eigenvalue weighted by molar-refractivity contribution is -0.128. The Hall–Kier alpha value is -3.44. The van der Waals surface area contributed by atoms with Crippen LogP contribution in [0.3, 0.4) is 0 Å². The summed E-state index contributed by atoms with van der Waals surface area (Å²) in [7, 11) is 0. The van der Waals surface area contributed by atoms with Gasteiger partial charge in [0.25, 0.3) is 0 Å². The van der Waals surface area contributed by atoms with E-state index in [1.165, 1.54) is 16.7 Å². The van der Waals surface area contributed by atoms with Crippen molar-refractivity contribution in [3.05, 3.63) is 101 Å². The first-order valence-corrected chi connectivity index (χ1v) is 11.5. The fourth-order valence-corrected chi connectivity index (χ4v) is 4.15. The normalized spacial score (nSPS) is 16.0.